The van der Waals surface area contributed by atoms with E-state index in [9.17, 15) is 8.78 Å². The zero-order chi connectivity index (χ0) is 9.84. The van der Waals surface area contributed by atoms with Gasteiger partial charge in [-0.25, -0.2) is 8.78 Å². The Morgan fingerprint density at radius 3 is 2.77 bits per heavy atom. The molecule has 0 atom stereocenters. The lowest BCUT2D eigenvalue weighted by atomic mass is 10.2. The van der Waals surface area contributed by atoms with Gasteiger partial charge in [-0.1, -0.05) is 5.11 Å². The highest BCUT2D eigenvalue weighted by Crippen LogP contribution is 2.22. The van der Waals surface area contributed by atoms with Crippen molar-refractivity contribution in [3.63, 3.8) is 0 Å². The van der Waals surface area contributed by atoms with Crippen LogP contribution in [0.1, 0.15) is 5.56 Å². The largest absolute Gasteiger partial charge is 0.207 e. The van der Waals surface area contributed by atoms with Crippen LogP contribution in [-0.4, -0.2) is 0 Å². The summed E-state index contributed by atoms with van der Waals surface area (Å²) in [5, 5.41) is 3.08. The molecule has 0 fully saturated rings. The van der Waals surface area contributed by atoms with Crippen LogP contribution in [0.2, 0.25) is 0 Å². The monoisotopic (exact) mass is 247 g/mol. The molecule has 0 N–H and O–H groups in total. The van der Waals surface area contributed by atoms with E-state index in [1.165, 1.54) is 6.07 Å². The molecular weight excluding hydrogens is 244 g/mol. The summed E-state index contributed by atoms with van der Waals surface area (Å²) in [4.78, 5) is 2.42. The van der Waals surface area contributed by atoms with Crippen molar-refractivity contribution in [1.82, 2.24) is 0 Å². The average Bonchev–Trinajstić information content (AvgIpc) is 2.12. The second kappa shape index (κ2) is 4.20. The van der Waals surface area contributed by atoms with E-state index in [2.05, 4.69) is 26.0 Å². The van der Waals surface area contributed by atoms with E-state index in [0.717, 1.165) is 6.07 Å². The number of rotatable bonds is 2. The SMILES string of the molecule is [N-]=[N+]=NCc1c(F)ccc(Br)c1F. The number of nitrogens with zero attached hydrogens (tertiary/aromatic N) is 3. The van der Waals surface area contributed by atoms with Crippen molar-refractivity contribution in [1.29, 1.82) is 0 Å². The first kappa shape index (κ1) is 9.95. The molecule has 0 aliphatic rings. The Labute approximate surface area is 81.1 Å². The highest BCUT2D eigenvalue weighted by Gasteiger charge is 2.10. The first-order chi connectivity index (χ1) is 6.16. The van der Waals surface area contributed by atoms with Crippen molar-refractivity contribution < 1.29 is 8.78 Å². The molecule has 6 heteroatoms. The van der Waals surface area contributed by atoms with Crippen LogP contribution in [0.15, 0.2) is 21.7 Å². The zero-order valence-electron chi connectivity index (χ0n) is 6.34. The van der Waals surface area contributed by atoms with Crippen molar-refractivity contribution in [3.05, 3.63) is 44.2 Å². The maximum absolute atomic E-state index is 13.1. The molecule has 0 aliphatic heterocycles. The van der Waals surface area contributed by atoms with Gasteiger partial charge < -0.3 is 0 Å². The van der Waals surface area contributed by atoms with E-state index in [1.54, 1.807) is 0 Å². The number of halogens is 3. The number of hydrogen-bond acceptors (Lipinski definition) is 1. The first-order valence-corrected chi connectivity index (χ1v) is 4.09. The molecule has 1 rings (SSSR count). The van der Waals surface area contributed by atoms with Gasteiger partial charge in [0.05, 0.1) is 11.0 Å². The van der Waals surface area contributed by atoms with Crippen LogP contribution >= 0.6 is 15.9 Å². The van der Waals surface area contributed by atoms with Gasteiger partial charge in [0.2, 0.25) is 0 Å². The van der Waals surface area contributed by atoms with Gasteiger partial charge in [-0.05, 0) is 33.6 Å². The van der Waals surface area contributed by atoms with E-state index in [4.69, 9.17) is 5.53 Å². The Bertz CT molecular complexity index is 374. The summed E-state index contributed by atoms with van der Waals surface area (Å²) in [5.74, 6) is -1.44. The van der Waals surface area contributed by atoms with Crippen molar-refractivity contribution in [2.75, 3.05) is 0 Å². The molecule has 3 nitrogen and oxygen atoms in total. The second-order valence-electron chi connectivity index (χ2n) is 2.21. The van der Waals surface area contributed by atoms with E-state index in [1.807, 2.05) is 0 Å². The average molecular weight is 248 g/mol. The smallest absolute Gasteiger partial charge is 0.143 e. The van der Waals surface area contributed by atoms with Gasteiger partial charge in [-0.2, -0.15) is 0 Å². The quantitative estimate of drug-likeness (QED) is 0.332. The minimum absolute atomic E-state index is 0.150. The van der Waals surface area contributed by atoms with Gasteiger partial charge >= 0.3 is 0 Å². The standard InChI is InChI=1S/C7H4BrF2N3/c8-5-1-2-6(9)4(7(5)10)3-12-13-11/h1-2H,3H2. The number of benzene rings is 1. The molecule has 0 radical (unpaired) electrons. The Kier molecular flexibility index (Phi) is 3.22. The third-order valence-electron chi connectivity index (χ3n) is 1.43. The number of hydrogen-bond donors (Lipinski definition) is 0. The summed E-state index contributed by atoms with van der Waals surface area (Å²) >= 11 is 2.90. The molecule has 0 bridgehead atoms. The number of azide groups is 1. The van der Waals surface area contributed by atoms with Crippen molar-refractivity contribution in [3.8, 4) is 0 Å². The molecule has 13 heavy (non-hydrogen) atoms. The van der Waals surface area contributed by atoms with Crippen LogP contribution in [0.4, 0.5) is 8.78 Å². The van der Waals surface area contributed by atoms with Gasteiger partial charge in [0.15, 0.2) is 0 Å². The van der Waals surface area contributed by atoms with E-state index in [0.29, 0.717) is 0 Å². The highest BCUT2D eigenvalue weighted by atomic mass is 79.9. The molecule has 0 unspecified atom stereocenters. The normalized spacial score (nSPS) is 9.46. The Morgan fingerprint density at radius 1 is 1.46 bits per heavy atom. The van der Waals surface area contributed by atoms with Crippen molar-refractivity contribution >= 4 is 15.9 Å². The summed E-state index contributed by atoms with van der Waals surface area (Å²) in [6.45, 7) is -0.326. The predicted octanol–water partition coefficient (Wildman–Crippen LogP) is 3.54. The fourth-order valence-corrected chi connectivity index (χ4v) is 1.19. The van der Waals surface area contributed by atoms with Crippen LogP contribution in [-0.2, 0) is 6.54 Å². The molecule has 0 aromatic heterocycles. The third-order valence-corrected chi connectivity index (χ3v) is 2.04. The first-order valence-electron chi connectivity index (χ1n) is 3.30. The highest BCUT2D eigenvalue weighted by molar-refractivity contribution is 9.10. The van der Waals surface area contributed by atoms with Crippen LogP contribution in [0.3, 0.4) is 0 Å². The molecule has 1 aromatic carbocycles. The predicted molar refractivity (Wildman–Crippen MR) is 46.9 cm³/mol. The molecule has 0 spiro atoms. The molecule has 0 amide bonds. The maximum Gasteiger partial charge on any atom is 0.143 e. The summed E-state index contributed by atoms with van der Waals surface area (Å²) < 4.78 is 26.2. The van der Waals surface area contributed by atoms with Crippen LogP contribution in [0.25, 0.3) is 10.4 Å². The Hall–Kier alpha value is -1.13. The van der Waals surface area contributed by atoms with E-state index in [-0.39, 0.29) is 16.6 Å². The fraction of sp³-hybridized carbons (Fsp3) is 0.143. The van der Waals surface area contributed by atoms with Gasteiger partial charge in [0, 0.05) is 10.5 Å². The zero-order valence-corrected chi connectivity index (χ0v) is 7.92. The lowest BCUT2D eigenvalue weighted by molar-refractivity contribution is 0.552. The van der Waals surface area contributed by atoms with E-state index >= 15 is 0 Å². The molecule has 0 heterocycles. The van der Waals surface area contributed by atoms with E-state index < -0.39 is 11.6 Å². The summed E-state index contributed by atoms with van der Waals surface area (Å²) in [5.41, 5.74) is 7.75. The summed E-state index contributed by atoms with van der Waals surface area (Å²) in [6.07, 6.45) is 0. The fourth-order valence-electron chi connectivity index (χ4n) is 0.816. The molecule has 0 aliphatic carbocycles. The van der Waals surface area contributed by atoms with Crippen molar-refractivity contribution in [2.24, 2.45) is 5.11 Å². The van der Waals surface area contributed by atoms with Crippen LogP contribution in [0.5, 0.6) is 0 Å². The molecule has 68 valence electrons. The lowest BCUT2D eigenvalue weighted by Gasteiger charge is -2.02. The minimum Gasteiger partial charge on any atom is -0.207 e. The van der Waals surface area contributed by atoms with Gasteiger partial charge in [-0.15, -0.1) is 0 Å². The summed E-state index contributed by atoms with van der Waals surface area (Å²) in [6, 6.07) is 2.36. The molecule has 1 aromatic rings. The third kappa shape index (κ3) is 2.17. The lowest BCUT2D eigenvalue weighted by Crippen LogP contribution is -1.94. The van der Waals surface area contributed by atoms with Gasteiger partial charge in [0.1, 0.15) is 11.6 Å². The maximum atomic E-state index is 13.1. The molecule has 0 saturated heterocycles. The topological polar surface area (TPSA) is 48.8 Å². The molecular formula is C7H4BrF2N3. The Balaban J connectivity index is 3.16. The van der Waals surface area contributed by atoms with Crippen LogP contribution < -0.4 is 0 Å². The second-order valence-corrected chi connectivity index (χ2v) is 3.07. The van der Waals surface area contributed by atoms with Gasteiger partial charge in [0.25, 0.3) is 0 Å². The Morgan fingerprint density at radius 2 is 2.15 bits per heavy atom. The molecule has 0 saturated carbocycles. The minimum atomic E-state index is -0.729. The van der Waals surface area contributed by atoms with Gasteiger partial charge in [-0.3, -0.25) is 0 Å². The summed E-state index contributed by atoms with van der Waals surface area (Å²) in [7, 11) is 0. The van der Waals surface area contributed by atoms with Crippen LogP contribution in [0, 0.1) is 11.6 Å². The van der Waals surface area contributed by atoms with Crippen molar-refractivity contribution in [2.45, 2.75) is 6.54 Å².